The van der Waals surface area contributed by atoms with E-state index in [1.165, 1.54) is 11.6 Å². The maximum atomic E-state index is 11.8. The smallest absolute Gasteiger partial charge is 0.280 e. The van der Waals surface area contributed by atoms with E-state index in [-0.39, 0.29) is 17.1 Å². The van der Waals surface area contributed by atoms with E-state index in [4.69, 9.17) is 5.73 Å². The van der Waals surface area contributed by atoms with Crippen molar-refractivity contribution in [1.29, 1.82) is 0 Å². The number of nitrogens with zero attached hydrogens (tertiary/aromatic N) is 4. The minimum atomic E-state index is -0.440. The number of imide groups is 1. The van der Waals surface area contributed by atoms with Crippen LogP contribution in [0.4, 0.5) is 5.82 Å². The maximum absolute atomic E-state index is 11.8. The van der Waals surface area contributed by atoms with Gasteiger partial charge in [0.25, 0.3) is 11.8 Å². The summed E-state index contributed by atoms with van der Waals surface area (Å²) in [6, 6.07) is 1.70. The molecule has 0 saturated carbocycles. The Balaban J connectivity index is 2.45. The zero-order valence-corrected chi connectivity index (χ0v) is 9.26. The molecule has 86 valence electrons. The highest BCUT2D eigenvalue weighted by molar-refractivity contribution is 6.22. The van der Waals surface area contributed by atoms with E-state index in [9.17, 15) is 9.59 Å². The van der Waals surface area contributed by atoms with Crippen LogP contribution in [0.2, 0.25) is 0 Å². The monoisotopic (exact) mass is 231 g/mol. The average Bonchev–Trinajstić information content (AvgIpc) is 2.75. The molecular formula is C10H9N5O2. The molecule has 0 aliphatic carbocycles. The second-order valence-corrected chi connectivity index (χ2v) is 3.95. The van der Waals surface area contributed by atoms with Gasteiger partial charge in [0, 0.05) is 13.1 Å². The predicted octanol–water partition coefficient (Wildman–Crippen LogP) is -0.154. The number of anilines is 1. The molecule has 2 aromatic heterocycles. The van der Waals surface area contributed by atoms with Crippen LogP contribution in [0.5, 0.6) is 0 Å². The molecule has 2 aromatic rings. The van der Waals surface area contributed by atoms with Gasteiger partial charge in [0.2, 0.25) is 0 Å². The lowest BCUT2D eigenvalue weighted by Crippen LogP contribution is -2.24. The summed E-state index contributed by atoms with van der Waals surface area (Å²) >= 11 is 0. The number of nitrogens with two attached hydrogens (primary N) is 1. The molecule has 1 aliphatic rings. The molecule has 0 fully saturated rings. The third-order valence-electron chi connectivity index (χ3n) is 2.79. The summed E-state index contributed by atoms with van der Waals surface area (Å²) in [5.41, 5.74) is 7.28. The van der Waals surface area contributed by atoms with Crippen LogP contribution < -0.4 is 5.73 Å². The van der Waals surface area contributed by atoms with Crippen molar-refractivity contribution in [2.24, 2.45) is 0 Å². The minimum Gasteiger partial charge on any atom is -0.383 e. The van der Waals surface area contributed by atoms with Gasteiger partial charge in [-0.25, -0.2) is 4.98 Å². The third kappa shape index (κ3) is 1.05. The summed E-state index contributed by atoms with van der Waals surface area (Å²) in [5.74, 6) is -0.719. The largest absolute Gasteiger partial charge is 0.383 e. The number of aryl methyl sites for hydroxylation is 1. The highest BCUT2D eigenvalue weighted by Gasteiger charge is 2.37. The fraction of sp³-hybridized carbons (Fsp3) is 0.200. The van der Waals surface area contributed by atoms with Crippen molar-refractivity contribution in [3.05, 3.63) is 23.0 Å². The number of rotatable bonds is 0. The van der Waals surface area contributed by atoms with E-state index in [0.29, 0.717) is 5.65 Å². The van der Waals surface area contributed by atoms with Crippen LogP contribution in [0.1, 0.15) is 26.5 Å². The molecule has 2 N–H and O–H groups in total. The normalized spacial score (nSPS) is 14.8. The third-order valence-corrected chi connectivity index (χ3v) is 2.79. The van der Waals surface area contributed by atoms with E-state index in [0.717, 1.165) is 10.6 Å². The van der Waals surface area contributed by atoms with Crippen molar-refractivity contribution < 1.29 is 9.59 Å². The first kappa shape index (κ1) is 9.76. The maximum Gasteiger partial charge on any atom is 0.280 e. The Hall–Kier alpha value is -2.44. The van der Waals surface area contributed by atoms with Crippen molar-refractivity contribution in [3.8, 4) is 0 Å². The number of fused-ring (bicyclic) bond motifs is 2. The van der Waals surface area contributed by atoms with Crippen molar-refractivity contribution in [1.82, 2.24) is 19.5 Å². The van der Waals surface area contributed by atoms with E-state index >= 15 is 0 Å². The number of hydrogen-bond acceptors (Lipinski definition) is 5. The topological polar surface area (TPSA) is 93.6 Å². The lowest BCUT2D eigenvalue weighted by atomic mass is 10.2. The molecular weight excluding hydrogens is 222 g/mol. The van der Waals surface area contributed by atoms with E-state index in [2.05, 4.69) is 10.1 Å². The molecule has 1 aliphatic heterocycles. The standard InChI is InChI=1S/C10H9N5O2/c1-4-3-5-12-7-6(8(11)15(5)13-4)9(16)14(2)10(7)17/h3H,11H2,1-2H3. The van der Waals surface area contributed by atoms with Gasteiger partial charge >= 0.3 is 0 Å². The van der Waals surface area contributed by atoms with Crippen LogP contribution in [-0.2, 0) is 0 Å². The fourth-order valence-electron chi connectivity index (χ4n) is 1.92. The summed E-state index contributed by atoms with van der Waals surface area (Å²) in [7, 11) is 1.40. The van der Waals surface area contributed by atoms with Gasteiger partial charge in [0.1, 0.15) is 17.1 Å². The molecule has 3 rings (SSSR count). The highest BCUT2D eigenvalue weighted by Crippen LogP contribution is 2.26. The quantitative estimate of drug-likeness (QED) is 0.636. The average molecular weight is 231 g/mol. The van der Waals surface area contributed by atoms with Crippen LogP contribution in [-0.4, -0.2) is 38.4 Å². The first-order valence-corrected chi connectivity index (χ1v) is 4.99. The number of amides is 2. The van der Waals surface area contributed by atoms with Crippen LogP contribution in [0, 0.1) is 6.92 Å². The molecule has 7 nitrogen and oxygen atoms in total. The van der Waals surface area contributed by atoms with Gasteiger partial charge in [-0.2, -0.15) is 9.61 Å². The summed E-state index contributed by atoms with van der Waals surface area (Å²) < 4.78 is 1.37. The second kappa shape index (κ2) is 2.82. The van der Waals surface area contributed by atoms with E-state index in [1.54, 1.807) is 13.0 Å². The van der Waals surface area contributed by atoms with Crippen LogP contribution in [0.25, 0.3) is 5.65 Å². The van der Waals surface area contributed by atoms with Crippen molar-refractivity contribution in [3.63, 3.8) is 0 Å². The van der Waals surface area contributed by atoms with Crippen LogP contribution in [0.3, 0.4) is 0 Å². The summed E-state index contributed by atoms with van der Waals surface area (Å²) in [4.78, 5) is 28.7. The molecule has 0 bridgehead atoms. The van der Waals surface area contributed by atoms with Gasteiger partial charge in [-0.05, 0) is 6.92 Å². The van der Waals surface area contributed by atoms with Crippen molar-refractivity contribution in [2.75, 3.05) is 12.8 Å². The lowest BCUT2D eigenvalue weighted by molar-refractivity contribution is 0.0691. The number of carbonyl (C=O) groups is 2. The molecule has 0 aromatic carbocycles. The van der Waals surface area contributed by atoms with Crippen molar-refractivity contribution in [2.45, 2.75) is 6.92 Å². The van der Waals surface area contributed by atoms with Gasteiger partial charge in [-0.1, -0.05) is 0 Å². The predicted molar refractivity (Wildman–Crippen MR) is 58.6 cm³/mol. The molecule has 2 amide bonds. The Morgan fingerprint density at radius 2 is 2.00 bits per heavy atom. The van der Waals surface area contributed by atoms with Gasteiger partial charge in [-0.3, -0.25) is 14.5 Å². The van der Waals surface area contributed by atoms with Crippen LogP contribution in [0.15, 0.2) is 6.07 Å². The minimum absolute atomic E-state index is 0.0994. The van der Waals surface area contributed by atoms with Gasteiger partial charge in [0.15, 0.2) is 5.65 Å². The highest BCUT2D eigenvalue weighted by atomic mass is 16.2. The molecule has 17 heavy (non-hydrogen) atoms. The van der Waals surface area contributed by atoms with Gasteiger partial charge in [0.05, 0.1) is 5.69 Å². The molecule has 0 unspecified atom stereocenters. The van der Waals surface area contributed by atoms with Gasteiger partial charge in [-0.15, -0.1) is 0 Å². The Bertz CT molecular complexity index is 688. The molecule has 0 spiro atoms. The van der Waals surface area contributed by atoms with Crippen molar-refractivity contribution >= 4 is 23.3 Å². The van der Waals surface area contributed by atoms with Gasteiger partial charge < -0.3 is 5.73 Å². The molecule has 0 radical (unpaired) electrons. The Kier molecular flexibility index (Phi) is 1.62. The Morgan fingerprint density at radius 3 is 2.71 bits per heavy atom. The molecule has 3 heterocycles. The molecule has 0 saturated heterocycles. The van der Waals surface area contributed by atoms with E-state index in [1.807, 2.05) is 0 Å². The first-order chi connectivity index (χ1) is 8.00. The Morgan fingerprint density at radius 1 is 1.29 bits per heavy atom. The first-order valence-electron chi connectivity index (χ1n) is 4.99. The molecule has 0 atom stereocenters. The van der Waals surface area contributed by atoms with Crippen LogP contribution >= 0.6 is 0 Å². The second-order valence-electron chi connectivity index (χ2n) is 3.95. The zero-order chi connectivity index (χ0) is 12.3. The SMILES string of the molecule is Cc1cc2nc3c(c(N)n2n1)C(=O)N(C)C3=O. The zero-order valence-electron chi connectivity index (χ0n) is 9.26. The lowest BCUT2D eigenvalue weighted by Gasteiger charge is -2.03. The van der Waals surface area contributed by atoms with E-state index < -0.39 is 11.8 Å². The summed E-state index contributed by atoms with van der Waals surface area (Å²) in [6.07, 6.45) is 0. The summed E-state index contributed by atoms with van der Waals surface area (Å²) in [5, 5.41) is 4.12. The number of aromatic nitrogens is 3. The summed E-state index contributed by atoms with van der Waals surface area (Å²) in [6.45, 7) is 1.79. The molecule has 7 heteroatoms. The number of hydrogen-bond donors (Lipinski definition) is 1. The fourth-order valence-corrected chi connectivity index (χ4v) is 1.92. The number of carbonyl (C=O) groups excluding carboxylic acids is 2. The number of nitrogen functional groups attached to an aromatic ring is 1. The Labute approximate surface area is 95.8 Å².